The quantitative estimate of drug-likeness (QED) is 0.727. The average Bonchev–Trinajstić information content (AvgIpc) is 3.22. The van der Waals surface area contributed by atoms with E-state index in [4.69, 9.17) is 10.5 Å². The van der Waals surface area contributed by atoms with Gasteiger partial charge >= 0.3 is 0 Å². The Morgan fingerprint density at radius 3 is 2.69 bits per heavy atom. The Morgan fingerprint density at radius 1 is 1.23 bits per heavy atom. The number of unbranched alkanes of at least 4 members (excludes halogenated alkanes) is 1. The minimum atomic E-state index is -0.241. The molecule has 1 aromatic rings. The zero-order chi connectivity index (χ0) is 18.5. The number of nitrogens with two attached hydrogens (primary N) is 1. The Bertz CT molecular complexity index is 632. The van der Waals surface area contributed by atoms with E-state index in [9.17, 15) is 9.59 Å². The van der Waals surface area contributed by atoms with Gasteiger partial charge in [0.1, 0.15) is 5.75 Å². The number of rotatable bonds is 7. The normalized spacial score (nSPS) is 24.4. The van der Waals surface area contributed by atoms with E-state index < -0.39 is 0 Å². The highest BCUT2D eigenvalue weighted by Crippen LogP contribution is 2.36. The summed E-state index contributed by atoms with van der Waals surface area (Å²) in [6.45, 7) is 4.32. The van der Waals surface area contributed by atoms with E-state index in [1.54, 1.807) is 24.3 Å². The summed E-state index contributed by atoms with van der Waals surface area (Å²) in [5.74, 6) is 1.44. The lowest BCUT2D eigenvalue weighted by Crippen LogP contribution is -2.40. The van der Waals surface area contributed by atoms with Crippen molar-refractivity contribution in [2.45, 2.75) is 38.6 Å². The van der Waals surface area contributed by atoms with Gasteiger partial charge in [-0.25, -0.2) is 0 Å². The number of hydrogen-bond donors (Lipinski definition) is 2. The highest BCUT2D eigenvalue weighted by atomic mass is 16.5. The van der Waals surface area contributed by atoms with E-state index in [1.807, 2.05) is 4.90 Å². The van der Waals surface area contributed by atoms with E-state index in [-0.39, 0.29) is 24.4 Å². The Balaban J connectivity index is 1.44. The second-order valence-electron chi connectivity index (χ2n) is 7.37. The third-order valence-corrected chi connectivity index (χ3v) is 5.55. The zero-order valence-corrected chi connectivity index (χ0v) is 15.4. The van der Waals surface area contributed by atoms with Gasteiger partial charge in [-0.05, 0) is 55.4 Å². The molecule has 2 fully saturated rings. The van der Waals surface area contributed by atoms with Crippen LogP contribution in [0.25, 0.3) is 0 Å². The molecule has 2 amide bonds. The maximum absolute atomic E-state index is 12.4. The fourth-order valence-corrected chi connectivity index (χ4v) is 3.92. The Labute approximate surface area is 155 Å². The second-order valence-corrected chi connectivity index (χ2v) is 7.37. The summed E-state index contributed by atoms with van der Waals surface area (Å²) in [5.41, 5.74) is 6.64. The summed E-state index contributed by atoms with van der Waals surface area (Å²) in [5, 5.41) is 2.72. The monoisotopic (exact) mass is 359 g/mol. The van der Waals surface area contributed by atoms with E-state index in [2.05, 4.69) is 12.2 Å². The highest BCUT2D eigenvalue weighted by Gasteiger charge is 2.42. The van der Waals surface area contributed by atoms with Crippen LogP contribution in [-0.2, 0) is 4.79 Å². The van der Waals surface area contributed by atoms with Crippen LogP contribution in [0, 0.1) is 11.8 Å². The number of nitrogens with zero attached hydrogens (tertiary/aromatic N) is 1. The fourth-order valence-electron chi connectivity index (χ4n) is 3.92. The molecule has 0 radical (unpaired) electrons. The predicted molar refractivity (Wildman–Crippen MR) is 99.9 cm³/mol. The van der Waals surface area contributed by atoms with E-state index in [0.29, 0.717) is 24.0 Å². The largest absolute Gasteiger partial charge is 0.494 e. The van der Waals surface area contributed by atoms with Crippen molar-refractivity contribution in [3.05, 3.63) is 29.8 Å². The lowest BCUT2D eigenvalue weighted by molar-refractivity contribution is -0.129. The third-order valence-electron chi connectivity index (χ3n) is 5.55. The standard InChI is InChI=1S/C20H29N3O3/c1-2-3-10-26-16-7-4-14(5-8-16)20(25)22-11-19(24)23-12-15-6-9-18(21)17(15)13-23/h4-5,7-8,15,17-18H,2-3,6,9-13,21H2,1H3,(H,22,25). The Kier molecular flexibility index (Phi) is 6.14. The molecule has 142 valence electrons. The molecule has 1 saturated heterocycles. The van der Waals surface area contributed by atoms with E-state index >= 15 is 0 Å². The first kappa shape index (κ1) is 18.7. The lowest BCUT2D eigenvalue weighted by atomic mass is 9.98. The molecule has 26 heavy (non-hydrogen) atoms. The van der Waals surface area contributed by atoms with Crippen LogP contribution in [0.4, 0.5) is 0 Å². The molecule has 3 unspecified atom stereocenters. The van der Waals surface area contributed by atoms with Gasteiger partial charge < -0.3 is 20.7 Å². The molecule has 1 heterocycles. The van der Waals surface area contributed by atoms with Crippen LogP contribution in [-0.4, -0.2) is 49.0 Å². The molecular weight excluding hydrogens is 330 g/mol. The molecule has 0 bridgehead atoms. The molecule has 3 N–H and O–H groups in total. The second kappa shape index (κ2) is 8.54. The zero-order valence-electron chi connectivity index (χ0n) is 15.4. The van der Waals surface area contributed by atoms with Gasteiger partial charge in [0.25, 0.3) is 5.91 Å². The number of likely N-dealkylation sites (tertiary alicyclic amines) is 1. The summed E-state index contributed by atoms with van der Waals surface area (Å²) in [6.07, 6.45) is 4.26. The summed E-state index contributed by atoms with van der Waals surface area (Å²) in [7, 11) is 0. The van der Waals surface area contributed by atoms with Gasteiger partial charge in [0.15, 0.2) is 0 Å². The first-order valence-corrected chi connectivity index (χ1v) is 9.63. The SMILES string of the molecule is CCCCOc1ccc(C(=O)NCC(=O)N2CC3CCC(N)C3C2)cc1. The first-order valence-electron chi connectivity index (χ1n) is 9.63. The van der Waals surface area contributed by atoms with Crippen LogP contribution in [0.1, 0.15) is 43.0 Å². The number of fused-ring (bicyclic) bond motifs is 1. The summed E-state index contributed by atoms with van der Waals surface area (Å²) in [4.78, 5) is 26.5. The molecule has 3 atom stereocenters. The summed E-state index contributed by atoms with van der Waals surface area (Å²) in [6, 6.07) is 7.23. The number of hydrogen-bond acceptors (Lipinski definition) is 4. The van der Waals surface area contributed by atoms with Crippen molar-refractivity contribution in [1.29, 1.82) is 0 Å². The number of carbonyl (C=O) groups excluding carboxylic acids is 2. The molecule has 1 aromatic carbocycles. The van der Waals surface area contributed by atoms with Crippen molar-refractivity contribution in [3.8, 4) is 5.75 Å². The van der Waals surface area contributed by atoms with Gasteiger partial charge in [0, 0.05) is 24.7 Å². The summed E-state index contributed by atoms with van der Waals surface area (Å²) >= 11 is 0. The molecule has 1 aliphatic carbocycles. The molecule has 2 aliphatic rings. The maximum atomic E-state index is 12.4. The molecule has 0 aromatic heterocycles. The topological polar surface area (TPSA) is 84.7 Å². The van der Waals surface area contributed by atoms with Crippen molar-refractivity contribution in [1.82, 2.24) is 10.2 Å². The Hall–Kier alpha value is -2.08. The third kappa shape index (κ3) is 4.36. The number of nitrogens with one attached hydrogen (secondary N) is 1. The van der Waals surface area contributed by atoms with Crippen LogP contribution in [0.2, 0.25) is 0 Å². The highest BCUT2D eigenvalue weighted by molar-refractivity contribution is 5.96. The maximum Gasteiger partial charge on any atom is 0.251 e. The van der Waals surface area contributed by atoms with Crippen LogP contribution in [0.5, 0.6) is 5.75 Å². The average molecular weight is 359 g/mol. The van der Waals surface area contributed by atoms with Crippen LogP contribution >= 0.6 is 0 Å². The smallest absolute Gasteiger partial charge is 0.251 e. The molecule has 0 spiro atoms. The van der Waals surface area contributed by atoms with Gasteiger partial charge in [-0.1, -0.05) is 13.3 Å². The van der Waals surface area contributed by atoms with Gasteiger partial charge in [-0.2, -0.15) is 0 Å². The number of ether oxygens (including phenoxy) is 1. The van der Waals surface area contributed by atoms with Crippen molar-refractivity contribution in [2.75, 3.05) is 26.2 Å². The van der Waals surface area contributed by atoms with Crippen molar-refractivity contribution in [2.24, 2.45) is 17.6 Å². The summed E-state index contributed by atoms with van der Waals surface area (Å²) < 4.78 is 5.59. The van der Waals surface area contributed by atoms with Crippen LogP contribution in [0.15, 0.2) is 24.3 Å². The predicted octanol–water partition coefficient (Wildman–Crippen LogP) is 1.79. The molecule has 3 rings (SSSR count). The molecule has 1 aliphatic heterocycles. The van der Waals surface area contributed by atoms with E-state index in [0.717, 1.165) is 44.5 Å². The first-order chi connectivity index (χ1) is 12.6. The van der Waals surface area contributed by atoms with Crippen molar-refractivity contribution < 1.29 is 14.3 Å². The van der Waals surface area contributed by atoms with Crippen LogP contribution < -0.4 is 15.8 Å². The van der Waals surface area contributed by atoms with E-state index in [1.165, 1.54) is 0 Å². The minimum Gasteiger partial charge on any atom is -0.494 e. The number of benzene rings is 1. The van der Waals surface area contributed by atoms with Gasteiger partial charge in [-0.15, -0.1) is 0 Å². The van der Waals surface area contributed by atoms with Gasteiger partial charge in [-0.3, -0.25) is 9.59 Å². The number of amides is 2. The molecule has 1 saturated carbocycles. The Morgan fingerprint density at radius 2 is 2.00 bits per heavy atom. The van der Waals surface area contributed by atoms with Crippen molar-refractivity contribution >= 4 is 11.8 Å². The van der Waals surface area contributed by atoms with Crippen LogP contribution in [0.3, 0.4) is 0 Å². The lowest BCUT2D eigenvalue weighted by Gasteiger charge is -2.19. The van der Waals surface area contributed by atoms with Crippen molar-refractivity contribution in [3.63, 3.8) is 0 Å². The molecular formula is C20H29N3O3. The number of carbonyl (C=O) groups is 2. The minimum absolute atomic E-state index is 0.0283. The fraction of sp³-hybridized carbons (Fsp3) is 0.600. The molecule has 6 heteroatoms. The van der Waals surface area contributed by atoms with Gasteiger partial charge in [0.2, 0.25) is 5.91 Å². The van der Waals surface area contributed by atoms with Gasteiger partial charge in [0.05, 0.1) is 13.2 Å². The molecule has 6 nitrogen and oxygen atoms in total.